The summed E-state index contributed by atoms with van der Waals surface area (Å²) in [7, 11) is 5.53. The fraction of sp³-hybridized carbons (Fsp3) is 0.636. The van der Waals surface area contributed by atoms with E-state index in [2.05, 4.69) is 44.4 Å². The lowest BCUT2D eigenvalue weighted by molar-refractivity contribution is -0.129. The highest BCUT2D eigenvalue weighted by Crippen LogP contribution is 2.60. The summed E-state index contributed by atoms with van der Waals surface area (Å²) in [5.41, 5.74) is 3.14. The Hall–Kier alpha value is -1.35. The topological polar surface area (TPSA) is 51.2 Å². The van der Waals surface area contributed by atoms with Gasteiger partial charge in [-0.15, -0.1) is 24.0 Å². The molecule has 1 saturated heterocycles. The van der Waals surface area contributed by atoms with Crippen LogP contribution in [-0.4, -0.2) is 87.0 Å². The highest BCUT2D eigenvalue weighted by atomic mass is 127. The fourth-order valence-electron chi connectivity index (χ4n) is 4.96. The Balaban J connectivity index is 0.00000240. The molecule has 3 aliphatic rings. The number of carbonyl (C=O) groups excluding carboxylic acids is 1. The lowest BCUT2D eigenvalue weighted by Crippen LogP contribution is -2.53. The number of nitrogens with one attached hydrogen (secondary N) is 1. The van der Waals surface area contributed by atoms with Gasteiger partial charge in [0.2, 0.25) is 5.91 Å². The van der Waals surface area contributed by atoms with E-state index in [0.29, 0.717) is 6.42 Å². The Kier molecular flexibility index (Phi) is 7.42. The average Bonchev–Trinajstić information content (AvgIpc) is 3.24. The SMILES string of the molecule is CN=C(NCC1C2Cc3ccccc3C12)N1CCN(CCC(=O)N(C)C)CC1.I. The fourth-order valence-corrected chi connectivity index (χ4v) is 4.96. The molecule has 0 radical (unpaired) electrons. The first-order chi connectivity index (χ1) is 13.6. The Morgan fingerprint density at radius 3 is 2.62 bits per heavy atom. The minimum atomic E-state index is 0. The van der Waals surface area contributed by atoms with E-state index in [4.69, 9.17) is 0 Å². The van der Waals surface area contributed by atoms with Gasteiger partial charge in [-0.3, -0.25) is 14.7 Å². The number of aliphatic imine (C=N–C) groups is 1. The van der Waals surface area contributed by atoms with Gasteiger partial charge in [-0.05, 0) is 35.3 Å². The molecule has 7 heteroatoms. The van der Waals surface area contributed by atoms with Gasteiger partial charge in [0.05, 0.1) is 0 Å². The van der Waals surface area contributed by atoms with Crippen LogP contribution in [-0.2, 0) is 11.2 Å². The Bertz CT molecular complexity index is 744. The lowest BCUT2D eigenvalue weighted by atomic mass is 10.0. The van der Waals surface area contributed by atoms with Crippen molar-refractivity contribution >= 4 is 35.8 Å². The van der Waals surface area contributed by atoms with E-state index in [0.717, 1.165) is 63.0 Å². The van der Waals surface area contributed by atoms with Gasteiger partial charge in [0.1, 0.15) is 0 Å². The molecule has 1 aliphatic heterocycles. The summed E-state index contributed by atoms with van der Waals surface area (Å²) in [6.45, 7) is 5.79. The molecule has 1 aromatic carbocycles. The van der Waals surface area contributed by atoms with Gasteiger partial charge in [-0.1, -0.05) is 24.3 Å². The van der Waals surface area contributed by atoms with Crippen molar-refractivity contribution in [2.45, 2.75) is 18.8 Å². The van der Waals surface area contributed by atoms with Crippen LogP contribution in [0.2, 0.25) is 0 Å². The molecule has 1 N–H and O–H groups in total. The minimum absolute atomic E-state index is 0. The Morgan fingerprint density at radius 1 is 1.21 bits per heavy atom. The summed E-state index contributed by atoms with van der Waals surface area (Å²) in [6, 6.07) is 8.94. The monoisotopic (exact) mass is 511 g/mol. The first-order valence-electron chi connectivity index (χ1n) is 10.5. The first-order valence-corrected chi connectivity index (χ1v) is 10.5. The quantitative estimate of drug-likeness (QED) is 0.373. The van der Waals surface area contributed by atoms with Crippen LogP contribution in [0.25, 0.3) is 0 Å². The second kappa shape index (κ2) is 9.64. The maximum atomic E-state index is 11.8. The first kappa shape index (κ1) is 22.3. The Morgan fingerprint density at radius 2 is 1.93 bits per heavy atom. The zero-order chi connectivity index (χ0) is 19.7. The van der Waals surface area contributed by atoms with Crippen molar-refractivity contribution in [1.82, 2.24) is 20.0 Å². The van der Waals surface area contributed by atoms with Gasteiger partial charge >= 0.3 is 0 Å². The number of hydrogen-bond donors (Lipinski definition) is 1. The number of rotatable bonds is 5. The minimum Gasteiger partial charge on any atom is -0.356 e. The summed E-state index contributed by atoms with van der Waals surface area (Å²) in [5, 5.41) is 3.64. The maximum Gasteiger partial charge on any atom is 0.223 e. The van der Waals surface area contributed by atoms with Crippen molar-refractivity contribution in [3.63, 3.8) is 0 Å². The molecule has 6 nitrogen and oxygen atoms in total. The van der Waals surface area contributed by atoms with Gasteiger partial charge in [-0.2, -0.15) is 0 Å². The molecule has 160 valence electrons. The number of fused-ring (bicyclic) bond motifs is 3. The van der Waals surface area contributed by atoms with Crippen LogP contribution in [0.1, 0.15) is 23.5 Å². The zero-order valence-corrected chi connectivity index (χ0v) is 20.1. The molecule has 0 aromatic heterocycles. The van der Waals surface area contributed by atoms with Crippen LogP contribution in [0.5, 0.6) is 0 Å². The standard InChI is InChI=1S/C22H33N5O.HI/c1-23-22(27-12-10-26(11-13-27)9-8-20(28)25(2)3)24-15-19-18-14-16-6-4-5-7-17(16)21(18)19;/h4-7,18-19,21H,8-15H2,1-3H3,(H,23,24);1H. The van der Waals surface area contributed by atoms with Gasteiger partial charge in [0.15, 0.2) is 5.96 Å². The van der Waals surface area contributed by atoms with E-state index in [-0.39, 0.29) is 29.9 Å². The van der Waals surface area contributed by atoms with Crippen LogP contribution in [0.4, 0.5) is 0 Å². The van der Waals surface area contributed by atoms with Gasteiger partial charge in [0, 0.05) is 66.8 Å². The van der Waals surface area contributed by atoms with Crippen molar-refractivity contribution in [3.8, 4) is 0 Å². The molecular formula is C22H34IN5O. The number of guanidine groups is 1. The summed E-state index contributed by atoms with van der Waals surface area (Å²) in [6.07, 6.45) is 1.85. The van der Waals surface area contributed by atoms with Gasteiger partial charge in [0.25, 0.3) is 0 Å². The van der Waals surface area contributed by atoms with Gasteiger partial charge in [-0.25, -0.2) is 0 Å². The Labute approximate surface area is 191 Å². The molecule has 29 heavy (non-hydrogen) atoms. The lowest BCUT2D eigenvalue weighted by Gasteiger charge is -2.36. The summed E-state index contributed by atoms with van der Waals surface area (Å²) in [4.78, 5) is 22.7. The molecule has 2 aliphatic carbocycles. The predicted molar refractivity (Wildman–Crippen MR) is 128 cm³/mol. The average molecular weight is 511 g/mol. The number of benzene rings is 1. The van der Waals surface area contributed by atoms with E-state index in [1.807, 2.05) is 21.1 Å². The summed E-state index contributed by atoms with van der Waals surface area (Å²) in [5.74, 6) is 3.57. The maximum absolute atomic E-state index is 11.8. The molecule has 0 spiro atoms. The molecule has 0 bridgehead atoms. The van der Waals surface area contributed by atoms with Crippen molar-refractivity contribution in [3.05, 3.63) is 35.4 Å². The molecule has 4 rings (SSSR count). The number of hydrogen-bond acceptors (Lipinski definition) is 3. The van der Waals surface area contributed by atoms with Crippen molar-refractivity contribution < 1.29 is 4.79 Å². The third kappa shape index (κ3) is 4.87. The molecule has 1 amide bonds. The molecule has 3 unspecified atom stereocenters. The smallest absolute Gasteiger partial charge is 0.223 e. The number of amides is 1. The van der Waals surface area contributed by atoms with E-state index in [1.165, 1.54) is 6.42 Å². The largest absolute Gasteiger partial charge is 0.356 e. The van der Waals surface area contributed by atoms with Crippen LogP contribution in [0, 0.1) is 11.8 Å². The third-order valence-corrected chi connectivity index (χ3v) is 6.72. The summed E-state index contributed by atoms with van der Waals surface area (Å²) >= 11 is 0. The van der Waals surface area contributed by atoms with E-state index >= 15 is 0 Å². The van der Waals surface area contributed by atoms with Crippen LogP contribution in [0.15, 0.2) is 29.3 Å². The number of carbonyl (C=O) groups is 1. The molecule has 1 aromatic rings. The highest BCUT2D eigenvalue weighted by Gasteiger charge is 2.55. The second-order valence-corrected chi connectivity index (χ2v) is 8.55. The predicted octanol–water partition coefficient (Wildman–Crippen LogP) is 1.86. The molecule has 2 fully saturated rings. The van der Waals surface area contributed by atoms with Crippen molar-refractivity contribution in [1.29, 1.82) is 0 Å². The second-order valence-electron chi connectivity index (χ2n) is 8.55. The number of nitrogens with zero attached hydrogens (tertiary/aromatic N) is 4. The van der Waals surface area contributed by atoms with E-state index < -0.39 is 0 Å². The third-order valence-electron chi connectivity index (χ3n) is 6.72. The highest BCUT2D eigenvalue weighted by molar-refractivity contribution is 14.0. The summed E-state index contributed by atoms with van der Waals surface area (Å²) < 4.78 is 0. The van der Waals surface area contributed by atoms with Crippen LogP contribution in [0.3, 0.4) is 0 Å². The molecule has 1 saturated carbocycles. The van der Waals surface area contributed by atoms with Gasteiger partial charge < -0.3 is 15.1 Å². The molecule has 3 atom stereocenters. The van der Waals surface area contributed by atoms with Crippen LogP contribution < -0.4 is 5.32 Å². The number of halogens is 1. The van der Waals surface area contributed by atoms with Crippen molar-refractivity contribution in [2.75, 3.05) is 60.4 Å². The van der Waals surface area contributed by atoms with Crippen LogP contribution >= 0.6 is 24.0 Å². The zero-order valence-electron chi connectivity index (χ0n) is 17.8. The molecule has 1 heterocycles. The van der Waals surface area contributed by atoms with E-state index in [9.17, 15) is 4.79 Å². The van der Waals surface area contributed by atoms with E-state index in [1.54, 1.807) is 16.0 Å². The number of piperazine rings is 1. The van der Waals surface area contributed by atoms with Crippen molar-refractivity contribution in [2.24, 2.45) is 16.8 Å². The normalized spacial score (nSPS) is 25.7. The molecular weight excluding hydrogens is 477 g/mol.